The normalized spacial score (nSPS) is 19.4. The van der Waals surface area contributed by atoms with E-state index >= 15 is 0 Å². The van der Waals surface area contributed by atoms with E-state index < -0.39 is 6.61 Å². The van der Waals surface area contributed by atoms with Crippen LogP contribution in [0.2, 0.25) is 5.02 Å². The second-order valence-corrected chi connectivity index (χ2v) is 8.72. The summed E-state index contributed by atoms with van der Waals surface area (Å²) in [6.45, 7) is -0.405. The van der Waals surface area contributed by atoms with Gasteiger partial charge in [-0.25, -0.2) is 0 Å². The minimum atomic E-state index is -2.82. The van der Waals surface area contributed by atoms with Gasteiger partial charge in [0.15, 0.2) is 0 Å². The molecule has 2 aromatic carbocycles. The molecule has 2 aliphatic heterocycles. The summed E-state index contributed by atoms with van der Waals surface area (Å²) in [7, 11) is 0. The Hall–Kier alpha value is -2.58. The first-order chi connectivity index (χ1) is 16.0. The van der Waals surface area contributed by atoms with Gasteiger partial charge in [0.05, 0.1) is 11.1 Å². The number of rotatable bonds is 7. The van der Waals surface area contributed by atoms with Crippen molar-refractivity contribution >= 4 is 28.9 Å². The third-order valence-electron chi connectivity index (χ3n) is 5.99. The molecule has 0 aliphatic carbocycles. The highest BCUT2D eigenvalue weighted by atomic mass is 35.5. The number of nitrogens with one attached hydrogen (secondary N) is 2. The van der Waals surface area contributed by atoms with E-state index in [1.165, 1.54) is 0 Å². The largest absolute Gasteiger partial charge is 0.489 e. The van der Waals surface area contributed by atoms with Crippen molar-refractivity contribution in [1.82, 2.24) is 5.32 Å². The molecule has 1 amide bonds. The Morgan fingerprint density at radius 3 is 2.48 bits per heavy atom. The number of carbonyl (C=O) groups is 1. The average molecular weight is 480 g/mol. The number of hydrogen-bond acceptors (Lipinski definition) is 5. The lowest BCUT2D eigenvalue weighted by Gasteiger charge is -2.34. The van der Waals surface area contributed by atoms with E-state index in [0.29, 0.717) is 16.5 Å². The smallest absolute Gasteiger partial charge is 0.387 e. The maximum absolute atomic E-state index is 12.4. The van der Waals surface area contributed by atoms with Gasteiger partial charge in [0.25, 0.3) is 0 Å². The average Bonchev–Trinajstić information content (AvgIpc) is 2.82. The zero-order chi connectivity index (χ0) is 23.2. The van der Waals surface area contributed by atoms with Gasteiger partial charge in [0.2, 0.25) is 5.91 Å². The SMILES string of the molecule is O=C(Nc1ccc(OC2CCN(c3ccc(OC(F)F)cc3)CC2)c(Cl)c1)[C@H]1CCCCN1. The van der Waals surface area contributed by atoms with Crippen molar-refractivity contribution in [3.8, 4) is 11.5 Å². The van der Waals surface area contributed by atoms with Crippen molar-refractivity contribution in [1.29, 1.82) is 0 Å². The predicted octanol–water partition coefficient (Wildman–Crippen LogP) is 5.07. The van der Waals surface area contributed by atoms with Crippen LogP contribution in [0.3, 0.4) is 0 Å². The Bertz CT molecular complexity index is 931. The molecule has 2 aliphatic rings. The Balaban J connectivity index is 1.27. The topological polar surface area (TPSA) is 62.8 Å². The van der Waals surface area contributed by atoms with Gasteiger partial charge in [-0.2, -0.15) is 8.78 Å². The molecule has 6 nitrogen and oxygen atoms in total. The van der Waals surface area contributed by atoms with Gasteiger partial charge in [-0.1, -0.05) is 18.0 Å². The lowest BCUT2D eigenvalue weighted by atomic mass is 10.0. The first-order valence-electron chi connectivity index (χ1n) is 11.3. The molecule has 2 N–H and O–H groups in total. The number of anilines is 2. The van der Waals surface area contributed by atoms with Gasteiger partial charge in [-0.3, -0.25) is 4.79 Å². The van der Waals surface area contributed by atoms with Crippen LogP contribution < -0.4 is 25.0 Å². The molecule has 0 radical (unpaired) electrons. The zero-order valence-corrected chi connectivity index (χ0v) is 19.0. The van der Waals surface area contributed by atoms with Gasteiger partial charge in [0, 0.05) is 37.3 Å². The van der Waals surface area contributed by atoms with Crippen LogP contribution in [0.5, 0.6) is 11.5 Å². The summed E-state index contributed by atoms with van der Waals surface area (Å²) in [4.78, 5) is 14.6. The summed E-state index contributed by atoms with van der Waals surface area (Å²) in [6.07, 6.45) is 4.62. The molecule has 2 heterocycles. The second-order valence-electron chi connectivity index (χ2n) is 8.31. The van der Waals surface area contributed by atoms with E-state index in [0.717, 1.165) is 57.4 Å². The molecule has 0 bridgehead atoms. The Morgan fingerprint density at radius 2 is 1.85 bits per heavy atom. The quantitative estimate of drug-likeness (QED) is 0.580. The predicted molar refractivity (Wildman–Crippen MR) is 125 cm³/mol. The van der Waals surface area contributed by atoms with Crippen molar-refractivity contribution in [2.75, 3.05) is 29.9 Å². The zero-order valence-electron chi connectivity index (χ0n) is 18.2. The first kappa shape index (κ1) is 23.6. The fourth-order valence-electron chi connectivity index (χ4n) is 4.23. The summed E-state index contributed by atoms with van der Waals surface area (Å²) < 4.78 is 35.1. The minimum Gasteiger partial charge on any atom is -0.489 e. The number of ether oxygens (including phenoxy) is 2. The van der Waals surface area contributed by atoms with Crippen LogP contribution in [0, 0.1) is 0 Å². The van der Waals surface area contributed by atoms with E-state index in [2.05, 4.69) is 20.3 Å². The van der Waals surface area contributed by atoms with Crippen molar-refractivity contribution in [2.45, 2.75) is 50.9 Å². The highest BCUT2D eigenvalue weighted by Gasteiger charge is 2.23. The molecule has 4 rings (SSSR count). The van der Waals surface area contributed by atoms with Crippen LogP contribution in [0.4, 0.5) is 20.2 Å². The molecule has 9 heteroatoms. The van der Waals surface area contributed by atoms with Gasteiger partial charge in [-0.15, -0.1) is 0 Å². The van der Waals surface area contributed by atoms with E-state index in [4.69, 9.17) is 16.3 Å². The number of piperidine rings is 2. The summed E-state index contributed by atoms with van der Waals surface area (Å²) in [5.41, 5.74) is 1.61. The van der Waals surface area contributed by atoms with Crippen LogP contribution >= 0.6 is 11.6 Å². The Morgan fingerprint density at radius 1 is 1.09 bits per heavy atom. The maximum Gasteiger partial charge on any atom is 0.387 e. The van der Waals surface area contributed by atoms with E-state index in [9.17, 15) is 13.6 Å². The molecule has 1 atom stereocenters. The summed E-state index contributed by atoms with van der Waals surface area (Å²) >= 11 is 6.43. The van der Waals surface area contributed by atoms with Gasteiger partial charge < -0.3 is 25.0 Å². The molecule has 33 heavy (non-hydrogen) atoms. The van der Waals surface area contributed by atoms with Crippen molar-refractivity contribution < 1.29 is 23.0 Å². The molecule has 0 saturated carbocycles. The number of amides is 1. The van der Waals surface area contributed by atoms with E-state index in [1.807, 2.05) is 0 Å². The van der Waals surface area contributed by atoms with E-state index in [-0.39, 0.29) is 23.8 Å². The lowest BCUT2D eigenvalue weighted by Crippen LogP contribution is -2.43. The maximum atomic E-state index is 12.4. The third-order valence-corrected chi connectivity index (χ3v) is 6.28. The second kappa shape index (κ2) is 11.0. The number of halogens is 3. The summed E-state index contributed by atoms with van der Waals surface area (Å²) in [5, 5.41) is 6.62. The molecular weight excluding hydrogens is 452 g/mol. The van der Waals surface area contributed by atoms with Gasteiger partial charge >= 0.3 is 6.61 Å². The van der Waals surface area contributed by atoms with Crippen LogP contribution in [-0.2, 0) is 4.79 Å². The molecule has 0 unspecified atom stereocenters. The molecule has 0 spiro atoms. The van der Waals surface area contributed by atoms with Gasteiger partial charge in [-0.05, 0) is 61.9 Å². The highest BCUT2D eigenvalue weighted by Crippen LogP contribution is 2.31. The fourth-order valence-corrected chi connectivity index (χ4v) is 4.45. The summed E-state index contributed by atoms with van der Waals surface area (Å²) in [6, 6.07) is 11.8. The van der Waals surface area contributed by atoms with Crippen LogP contribution in [0.1, 0.15) is 32.1 Å². The van der Waals surface area contributed by atoms with Crippen LogP contribution in [-0.4, -0.2) is 44.3 Å². The molecule has 2 aromatic rings. The fraction of sp³-hybridized carbons (Fsp3) is 0.458. The number of hydrogen-bond donors (Lipinski definition) is 2. The number of carbonyl (C=O) groups excluding carboxylic acids is 1. The first-order valence-corrected chi connectivity index (χ1v) is 11.7. The molecule has 0 aromatic heterocycles. The Labute approximate surface area is 197 Å². The summed E-state index contributed by atoms with van der Waals surface area (Å²) in [5.74, 6) is 0.703. The van der Waals surface area contributed by atoms with Crippen LogP contribution in [0.25, 0.3) is 0 Å². The third kappa shape index (κ3) is 6.48. The molecule has 178 valence electrons. The van der Waals surface area contributed by atoms with Gasteiger partial charge in [0.1, 0.15) is 17.6 Å². The molecule has 2 fully saturated rings. The standard InChI is InChI=1S/C24H28ClF2N3O3/c25-20-15-16(29-23(31)21-3-1-2-12-28-21)4-9-22(20)32-19-10-13-30(14-11-19)17-5-7-18(8-6-17)33-24(26)27/h4-9,15,19,21,24,28H,1-3,10-14H2,(H,29,31)/t21-/m1/s1. The van der Waals surface area contributed by atoms with Crippen molar-refractivity contribution in [3.63, 3.8) is 0 Å². The van der Waals surface area contributed by atoms with Crippen molar-refractivity contribution in [2.24, 2.45) is 0 Å². The molecule has 2 saturated heterocycles. The Kier molecular flexibility index (Phi) is 7.88. The molecular formula is C24H28ClF2N3O3. The monoisotopic (exact) mass is 479 g/mol. The number of nitrogens with zero attached hydrogens (tertiary/aromatic N) is 1. The van der Waals surface area contributed by atoms with Crippen LogP contribution in [0.15, 0.2) is 42.5 Å². The number of benzene rings is 2. The highest BCUT2D eigenvalue weighted by molar-refractivity contribution is 6.32. The number of alkyl halides is 2. The van der Waals surface area contributed by atoms with Crippen molar-refractivity contribution in [3.05, 3.63) is 47.5 Å². The minimum absolute atomic E-state index is 0.0204. The van der Waals surface area contributed by atoms with E-state index in [1.54, 1.807) is 42.5 Å². The lowest BCUT2D eigenvalue weighted by molar-refractivity contribution is -0.118.